The minimum Gasteiger partial charge on any atom is -0.374 e. The average Bonchev–Trinajstić information content (AvgIpc) is 3.40. The van der Waals surface area contributed by atoms with Gasteiger partial charge in [0, 0.05) is 10.4 Å². The fourth-order valence-electron chi connectivity index (χ4n) is 2.83. The Balaban J connectivity index is 1.40. The fourth-order valence-corrected chi connectivity index (χ4v) is 3.53. The van der Waals surface area contributed by atoms with Gasteiger partial charge in [-0.25, -0.2) is 0 Å². The van der Waals surface area contributed by atoms with Crippen LogP contribution < -0.4 is 10.6 Å². The molecule has 0 bridgehead atoms. The molecule has 0 aliphatic carbocycles. The lowest BCUT2D eigenvalue weighted by Crippen LogP contribution is -2.15. The zero-order valence-corrected chi connectivity index (χ0v) is 16.7. The first-order valence-electron chi connectivity index (χ1n) is 9.22. The standard InChI is InChI=1S/C22H20N4O2S/c1-15-8-10-16(11-9-15)22-25-21(28-26-22)14-23-18-6-2-3-7-19(18)24-20(27)13-17-5-4-12-29-17/h2-12,23H,13-14H2,1H3,(H,24,27). The van der Waals surface area contributed by atoms with Crippen molar-refractivity contribution in [3.8, 4) is 11.4 Å². The molecule has 4 rings (SSSR count). The van der Waals surface area contributed by atoms with Gasteiger partial charge in [-0.15, -0.1) is 11.3 Å². The van der Waals surface area contributed by atoms with Crippen LogP contribution in [0.1, 0.15) is 16.3 Å². The molecule has 0 radical (unpaired) electrons. The van der Waals surface area contributed by atoms with Crippen molar-refractivity contribution in [3.63, 3.8) is 0 Å². The van der Waals surface area contributed by atoms with Crippen LogP contribution in [0.4, 0.5) is 11.4 Å². The van der Waals surface area contributed by atoms with Gasteiger partial charge in [0.2, 0.25) is 17.6 Å². The molecule has 0 saturated heterocycles. The molecule has 2 heterocycles. The monoisotopic (exact) mass is 404 g/mol. The van der Waals surface area contributed by atoms with E-state index >= 15 is 0 Å². The van der Waals surface area contributed by atoms with Crippen LogP contribution in [0.5, 0.6) is 0 Å². The number of nitrogens with zero attached hydrogens (tertiary/aromatic N) is 2. The molecule has 7 heteroatoms. The van der Waals surface area contributed by atoms with Gasteiger partial charge in [-0.1, -0.05) is 53.2 Å². The van der Waals surface area contributed by atoms with Gasteiger partial charge in [-0.3, -0.25) is 4.79 Å². The van der Waals surface area contributed by atoms with Gasteiger partial charge in [-0.2, -0.15) is 4.98 Å². The Labute approximate surface area is 172 Å². The van der Waals surface area contributed by atoms with Gasteiger partial charge >= 0.3 is 0 Å². The Morgan fingerprint density at radius 1 is 1.03 bits per heavy atom. The number of nitrogens with one attached hydrogen (secondary N) is 2. The number of hydrogen-bond donors (Lipinski definition) is 2. The molecular formula is C22H20N4O2S. The number of hydrogen-bond acceptors (Lipinski definition) is 6. The minimum absolute atomic E-state index is 0.0545. The van der Waals surface area contributed by atoms with E-state index in [1.54, 1.807) is 11.3 Å². The Morgan fingerprint density at radius 3 is 2.59 bits per heavy atom. The lowest BCUT2D eigenvalue weighted by Gasteiger charge is -2.11. The molecule has 0 unspecified atom stereocenters. The first-order chi connectivity index (χ1) is 14.2. The molecule has 2 N–H and O–H groups in total. The molecule has 2 aromatic heterocycles. The van der Waals surface area contributed by atoms with Crippen molar-refractivity contribution in [1.82, 2.24) is 10.1 Å². The highest BCUT2D eigenvalue weighted by Gasteiger charge is 2.11. The van der Waals surface area contributed by atoms with Crippen LogP contribution in [-0.4, -0.2) is 16.0 Å². The van der Waals surface area contributed by atoms with Gasteiger partial charge in [0.05, 0.1) is 24.3 Å². The van der Waals surface area contributed by atoms with Crippen molar-refractivity contribution in [1.29, 1.82) is 0 Å². The van der Waals surface area contributed by atoms with Crippen molar-refractivity contribution < 1.29 is 9.32 Å². The van der Waals surface area contributed by atoms with E-state index in [4.69, 9.17) is 4.52 Å². The molecule has 0 fully saturated rings. The molecule has 0 aliphatic heterocycles. The number of aryl methyl sites for hydroxylation is 1. The number of anilines is 2. The molecule has 0 saturated carbocycles. The molecule has 1 amide bonds. The lowest BCUT2D eigenvalue weighted by atomic mass is 10.1. The van der Waals surface area contributed by atoms with Crippen LogP contribution in [0.3, 0.4) is 0 Å². The Hall–Kier alpha value is -3.45. The largest absolute Gasteiger partial charge is 0.374 e. The minimum atomic E-state index is -0.0545. The van der Waals surface area contributed by atoms with Gasteiger partial charge in [-0.05, 0) is 30.5 Å². The van der Waals surface area contributed by atoms with E-state index < -0.39 is 0 Å². The summed E-state index contributed by atoms with van der Waals surface area (Å²) in [5, 5.41) is 12.2. The van der Waals surface area contributed by atoms with Gasteiger partial charge in [0.15, 0.2) is 0 Å². The lowest BCUT2D eigenvalue weighted by molar-refractivity contribution is -0.115. The Bertz CT molecular complexity index is 1090. The average molecular weight is 404 g/mol. The molecule has 0 atom stereocenters. The summed E-state index contributed by atoms with van der Waals surface area (Å²) in [6.45, 7) is 2.39. The first-order valence-corrected chi connectivity index (χ1v) is 10.1. The quantitative estimate of drug-likeness (QED) is 0.458. The maximum absolute atomic E-state index is 12.3. The van der Waals surface area contributed by atoms with Crippen molar-refractivity contribution in [2.24, 2.45) is 0 Å². The predicted molar refractivity (Wildman–Crippen MR) is 115 cm³/mol. The van der Waals surface area contributed by atoms with Crippen molar-refractivity contribution in [2.45, 2.75) is 19.9 Å². The van der Waals surface area contributed by atoms with E-state index in [1.807, 2.05) is 73.0 Å². The summed E-state index contributed by atoms with van der Waals surface area (Å²) in [5.41, 5.74) is 3.60. The summed E-state index contributed by atoms with van der Waals surface area (Å²) in [6.07, 6.45) is 0.357. The molecule has 2 aromatic carbocycles. The summed E-state index contributed by atoms with van der Waals surface area (Å²) in [7, 11) is 0. The SMILES string of the molecule is Cc1ccc(-c2noc(CNc3ccccc3NC(=O)Cc3cccs3)n2)cc1. The second-order valence-electron chi connectivity index (χ2n) is 6.58. The smallest absolute Gasteiger partial charge is 0.246 e. The van der Waals surface area contributed by atoms with Crippen molar-refractivity contribution in [3.05, 3.63) is 82.4 Å². The van der Waals surface area contributed by atoms with Gasteiger partial charge < -0.3 is 15.2 Å². The highest BCUT2D eigenvalue weighted by Crippen LogP contribution is 2.23. The van der Waals surface area contributed by atoms with Crippen LogP contribution in [-0.2, 0) is 17.8 Å². The number of thiophene rings is 1. The summed E-state index contributed by atoms with van der Waals surface area (Å²) >= 11 is 1.57. The van der Waals surface area contributed by atoms with Crippen LogP contribution in [0.25, 0.3) is 11.4 Å². The third-order valence-corrected chi connectivity index (χ3v) is 5.20. The number of amides is 1. The zero-order valence-electron chi connectivity index (χ0n) is 15.9. The molecule has 146 valence electrons. The number of para-hydroxylation sites is 2. The van der Waals surface area contributed by atoms with Crippen LogP contribution in [0.2, 0.25) is 0 Å². The second kappa shape index (κ2) is 8.70. The number of benzene rings is 2. The molecule has 0 aliphatic rings. The van der Waals surface area contributed by atoms with E-state index in [2.05, 4.69) is 20.8 Å². The predicted octanol–water partition coefficient (Wildman–Crippen LogP) is 4.90. The summed E-state index contributed by atoms with van der Waals surface area (Å²) < 4.78 is 5.35. The highest BCUT2D eigenvalue weighted by atomic mass is 32.1. The second-order valence-corrected chi connectivity index (χ2v) is 7.61. The number of carbonyl (C=O) groups is 1. The number of carbonyl (C=O) groups excluding carboxylic acids is 1. The fraction of sp³-hybridized carbons (Fsp3) is 0.136. The zero-order chi connectivity index (χ0) is 20.1. The molecule has 4 aromatic rings. The molecule has 6 nitrogen and oxygen atoms in total. The number of rotatable bonds is 7. The maximum atomic E-state index is 12.3. The summed E-state index contributed by atoms with van der Waals surface area (Å²) in [4.78, 5) is 17.8. The molecule has 0 spiro atoms. The van der Waals surface area contributed by atoms with E-state index in [9.17, 15) is 4.79 Å². The normalized spacial score (nSPS) is 10.7. The Morgan fingerprint density at radius 2 is 1.83 bits per heavy atom. The van der Waals surface area contributed by atoms with Gasteiger partial charge in [0.25, 0.3) is 0 Å². The summed E-state index contributed by atoms with van der Waals surface area (Å²) in [5.74, 6) is 0.973. The maximum Gasteiger partial charge on any atom is 0.246 e. The van der Waals surface area contributed by atoms with Crippen LogP contribution in [0, 0.1) is 6.92 Å². The van der Waals surface area contributed by atoms with Crippen LogP contribution in [0.15, 0.2) is 70.6 Å². The van der Waals surface area contributed by atoms with Crippen molar-refractivity contribution >= 4 is 28.6 Å². The van der Waals surface area contributed by atoms with Crippen molar-refractivity contribution in [2.75, 3.05) is 10.6 Å². The van der Waals surface area contributed by atoms with E-state index in [-0.39, 0.29) is 5.91 Å². The highest BCUT2D eigenvalue weighted by molar-refractivity contribution is 7.10. The first kappa shape index (κ1) is 18.9. The third kappa shape index (κ3) is 4.89. The van der Waals surface area contributed by atoms with E-state index in [0.717, 1.165) is 16.1 Å². The van der Waals surface area contributed by atoms with Crippen LogP contribution >= 0.6 is 11.3 Å². The van der Waals surface area contributed by atoms with E-state index in [1.165, 1.54) is 5.56 Å². The summed E-state index contributed by atoms with van der Waals surface area (Å²) in [6, 6.07) is 19.4. The van der Waals surface area contributed by atoms with E-state index in [0.29, 0.717) is 30.4 Å². The Kier molecular flexibility index (Phi) is 5.67. The number of aromatic nitrogens is 2. The molecule has 29 heavy (non-hydrogen) atoms. The van der Waals surface area contributed by atoms with Gasteiger partial charge in [0.1, 0.15) is 0 Å². The third-order valence-electron chi connectivity index (χ3n) is 4.32. The molecular weight excluding hydrogens is 384 g/mol. The topological polar surface area (TPSA) is 80.0 Å².